The van der Waals surface area contributed by atoms with E-state index in [1.165, 1.54) is 0 Å². The van der Waals surface area contributed by atoms with E-state index in [1.54, 1.807) is 0 Å². The van der Waals surface area contributed by atoms with E-state index in [4.69, 9.17) is 11.6 Å². The molecule has 0 unspecified atom stereocenters. The Kier molecular flexibility index (Phi) is 4.07. The Hall–Kier alpha value is 0.270. The summed E-state index contributed by atoms with van der Waals surface area (Å²) in [5.74, 6) is 0. The average molecular weight is 341 g/mol. The number of halogens is 3. The fraction of sp³-hybridized carbons (Fsp3) is 0.125. The van der Waals surface area contributed by atoms with Crippen LogP contribution in [0, 0.1) is 6.92 Å². The highest BCUT2D eigenvalue weighted by Crippen LogP contribution is 2.40. The van der Waals surface area contributed by atoms with Crippen molar-refractivity contribution in [2.75, 3.05) is 0 Å². The van der Waals surface area contributed by atoms with Crippen molar-refractivity contribution >= 4 is 66.5 Å². The lowest BCUT2D eigenvalue weighted by molar-refractivity contribution is 1.39. The van der Waals surface area contributed by atoms with Gasteiger partial charge >= 0.3 is 0 Å². The van der Waals surface area contributed by atoms with E-state index in [1.807, 2.05) is 13.0 Å². The molecule has 68 valence electrons. The minimum Gasteiger partial charge on any atom is -0.192 e. The number of thiocarbonyl (C=S) groups is 1. The van der Waals surface area contributed by atoms with Crippen LogP contribution >= 0.6 is 55.7 Å². The number of nitrogens with zero attached hydrogens (tertiary/aromatic N) is 1. The highest BCUT2D eigenvalue weighted by molar-refractivity contribution is 9.11. The molecule has 0 heterocycles. The molecular weight excluding hydrogens is 337 g/mol. The minimum absolute atomic E-state index is 0.646. The molecule has 13 heavy (non-hydrogen) atoms. The fourth-order valence-corrected chi connectivity index (χ4v) is 2.60. The highest BCUT2D eigenvalue weighted by atomic mass is 79.9. The molecule has 0 spiro atoms. The zero-order valence-electron chi connectivity index (χ0n) is 6.57. The van der Waals surface area contributed by atoms with E-state index in [0.717, 1.165) is 14.5 Å². The van der Waals surface area contributed by atoms with Gasteiger partial charge in [-0.25, -0.2) is 0 Å². The molecule has 0 saturated heterocycles. The molecule has 5 heteroatoms. The molecule has 0 fully saturated rings. The summed E-state index contributed by atoms with van der Waals surface area (Å²) in [6, 6.07) is 1.89. The van der Waals surface area contributed by atoms with Crippen molar-refractivity contribution < 1.29 is 0 Å². The lowest BCUT2D eigenvalue weighted by Gasteiger charge is -2.05. The average Bonchev–Trinajstić information content (AvgIpc) is 2.09. The van der Waals surface area contributed by atoms with Crippen LogP contribution in [0.1, 0.15) is 5.56 Å². The number of rotatable bonds is 1. The second-order valence-electron chi connectivity index (χ2n) is 2.35. The lowest BCUT2D eigenvalue weighted by Crippen LogP contribution is -1.80. The number of hydrogen-bond donors (Lipinski definition) is 0. The van der Waals surface area contributed by atoms with Crippen LogP contribution in [-0.2, 0) is 0 Å². The molecule has 0 N–H and O–H groups in total. The molecule has 1 aromatic rings. The number of isothiocyanates is 1. The van der Waals surface area contributed by atoms with E-state index in [0.29, 0.717) is 10.7 Å². The van der Waals surface area contributed by atoms with Crippen LogP contribution in [0.2, 0.25) is 5.02 Å². The molecule has 1 aromatic carbocycles. The normalized spacial score (nSPS) is 9.54. The molecule has 0 aliphatic carbocycles. The van der Waals surface area contributed by atoms with Gasteiger partial charge in [0.1, 0.15) is 5.69 Å². The molecule has 0 saturated carbocycles. The molecule has 1 rings (SSSR count). The number of aryl methyl sites for hydroxylation is 1. The van der Waals surface area contributed by atoms with Crippen molar-refractivity contribution in [3.63, 3.8) is 0 Å². The predicted molar refractivity (Wildman–Crippen MR) is 66.3 cm³/mol. The highest BCUT2D eigenvalue weighted by Gasteiger charge is 2.10. The molecule has 0 radical (unpaired) electrons. The van der Waals surface area contributed by atoms with Gasteiger partial charge in [-0.15, -0.1) is 0 Å². The van der Waals surface area contributed by atoms with Gasteiger partial charge in [0, 0.05) is 4.47 Å². The van der Waals surface area contributed by atoms with Gasteiger partial charge in [-0.1, -0.05) is 11.6 Å². The largest absolute Gasteiger partial charge is 0.192 e. The van der Waals surface area contributed by atoms with Gasteiger partial charge in [-0.3, -0.25) is 0 Å². The van der Waals surface area contributed by atoms with Crippen LogP contribution in [0.3, 0.4) is 0 Å². The van der Waals surface area contributed by atoms with Crippen LogP contribution in [-0.4, -0.2) is 5.16 Å². The molecule has 0 bridgehead atoms. The Morgan fingerprint density at radius 2 is 2.15 bits per heavy atom. The van der Waals surface area contributed by atoms with Gasteiger partial charge in [0.15, 0.2) is 0 Å². The maximum absolute atomic E-state index is 6.00. The van der Waals surface area contributed by atoms with Gasteiger partial charge in [0.2, 0.25) is 0 Å². The second kappa shape index (κ2) is 4.67. The van der Waals surface area contributed by atoms with Gasteiger partial charge in [0.05, 0.1) is 14.7 Å². The van der Waals surface area contributed by atoms with Crippen LogP contribution in [0.15, 0.2) is 20.0 Å². The maximum Gasteiger partial charge on any atom is 0.104 e. The molecule has 0 aromatic heterocycles. The minimum atomic E-state index is 0.646. The standard InChI is InChI=1S/C8H4Br2ClNS/c1-4-2-5(9)8(12-3-13)6(10)7(4)11/h2H,1H3. The summed E-state index contributed by atoms with van der Waals surface area (Å²) < 4.78 is 1.58. The third-order valence-corrected chi connectivity index (χ3v) is 3.66. The summed E-state index contributed by atoms with van der Waals surface area (Å²) in [6.45, 7) is 1.92. The van der Waals surface area contributed by atoms with Gasteiger partial charge in [-0.05, 0) is 62.6 Å². The SMILES string of the molecule is Cc1cc(Br)c(N=C=S)c(Br)c1Cl. The van der Waals surface area contributed by atoms with Crippen molar-refractivity contribution in [1.82, 2.24) is 0 Å². The third-order valence-electron chi connectivity index (χ3n) is 1.47. The van der Waals surface area contributed by atoms with E-state index in [-0.39, 0.29) is 0 Å². The molecule has 0 aliphatic heterocycles. The molecular formula is C8H4Br2ClNS. The van der Waals surface area contributed by atoms with Crippen LogP contribution < -0.4 is 0 Å². The van der Waals surface area contributed by atoms with Crippen molar-refractivity contribution in [2.45, 2.75) is 6.92 Å². The summed E-state index contributed by atoms with van der Waals surface area (Å²) >= 11 is 17.2. The Bertz CT molecular complexity index is 400. The summed E-state index contributed by atoms with van der Waals surface area (Å²) in [7, 11) is 0. The van der Waals surface area contributed by atoms with Crippen molar-refractivity contribution in [2.24, 2.45) is 4.99 Å². The number of aliphatic imine (C=N–C) groups is 1. The Morgan fingerprint density at radius 3 is 2.69 bits per heavy atom. The van der Waals surface area contributed by atoms with Crippen LogP contribution in [0.4, 0.5) is 5.69 Å². The maximum atomic E-state index is 6.00. The van der Waals surface area contributed by atoms with E-state index in [2.05, 4.69) is 54.2 Å². The van der Waals surface area contributed by atoms with E-state index >= 15 is 0 Å². The van der Waals surface area contributed by atoms with E-state index < -0.39 is 0 Å². The molecule has 1 nitrogen and oxygen atoms in total. The summed E-state index contributed by atoms with van der Waals surface area (Å²) in [5, 5.41) is 2.95. The number of hydrogen-bond acceptors (Lipinski definition) is 2. The van der Waals surface area contributed by atoms with Crippen molar-refractivity contribution in [3.05, 3.63) is 25.6 Å². The first-order valence-corrected chi connectivity index (χ1v) is 5.67. The fourth-order valence-electron chi connectivity index (χ4n) is 0.852. The summed E-state index contributed by atoms with van der Waals surface area (Å²) in [5.41, 5.74) is 1.65. The second-order valence-corrected chi connectivity index (χ2v) is 4.56. The van der Waals surface area contributed by atoms with E-state index in [9.17, 15) is 0 Å². The smallest absolute Gasteiger partial charge is 0.104 e. The lowest BCUT2D eigenvalue weighted by atomic mass is 10.2. The van der Waals surface area contributed by atoms with Crippen LogP contribution in [0.25, 0.3) is 0 Å². The molecule has 0 atom stereocenters. The van der Waals surface area contributed by atoms with Crippen LogP contribution in [0.5, 0.6) is 0 Å². The number of benzene rings is 1. The first kappa shape index (κ1) is 11.3. The van der Waals surface area contributed by atoms with Gasteiger partial charge < -0.3 is 0 Å². The summed E-state index contributed by atoms with van der Waals surface area (Å²) in [6.07, 6.45) is 0. The first-order valence-electron chi connectivity index (χ1n) is 3.30. The van der Waals surface area contributed by atoms with Crippen molar-refractivity contribution in [3.8, 4) is 0 Å². The Morgan fingerprint density at radius 1 is 1.54 bits per heavy atom. The van der Waals surface area contributed by atoms with Gasteiger partial charge in [0.25, 0.3) is 0 Å². The first-order chi connectivity index (χ1) is 6.07. The zero-order chi connectivity index (χ0) is 10.0. The molecule has 0 amide bonds. The third kappa shape index (κ3) is 2.39. The predicted octanol–water partition coefficient (Wildman–Crippen LogP) is 4.91. The van der Waals surface area contributed by atoms with Gasteiger partial charge in [-0.2, -0.15) is 4.99 Å². The zero-order valence-corrected chi connectivity index (χ0v) is 11.3. The monoisotopic (exact) mass is 339 g/mol. The van der Waals surface area contributed by atoms with Crippen molar-refractivity contribution in [1.29, 1.82) is 0 Å². The summed E-state index contributed by atoms with van der Waals surface area (Å²) in [4.78, 5) is 3.89. The Labute approximate surface area is 103 Å². The Balaban J connectivity index is 3.52. The quantitative estimate of drug-likeness (QED) is 0.402. The molecule has 0 aliphatic rings. The topological polar surface area (TPSA) is 12.4 Å².